The Bertz CT molecular complexity index is 430. The highest BCUT2D eigenvalue weighted by atomic mass is 16.5. The Morgan fingerprint density at radius 3 is 3.24 bits per heavy atom. The summed E-state index contributed by atoms with van der Waals surface area (Å²) in [6.07, 6.45) is 3.43. The van der Waals surface area contributed by atoms with Crippen molar-refractivity contribution in [2.45, 2.75) is 38.5 Å². The normalized spacial score (nSPS) is 18.6. The Morgan fingerprint density at radius 2 is 2.48 bits per heavy atom. The van der Waals surface area contributed by atoms with E-state index in [2.05, 4.69) is 15.5 Å². The first-order chi connectivity index (χ1) is 10.3. The molecule has 0 bridgehead atoms. The minimum Gasteiger partial charge on any atom is -0.378 e. The first-order valence-corrected chi connectivity index (χ1v) is 7.26. The molecule has 1 aliphatic heterocycles. The number of H-pyrrole nitrogens is 1. The lowest BCUT2D eigenvalue weighted by Gasteiger charge is -2.22. The van der Waals surface area contributed by atoms with Gasteiger partial charge in [0, 0.05) is 13.7 Å². The largest absolute Gasteiger partial charge is 0.378 e. The van der Waals surface area contributed by atoms with Crippen LogP contribution in [0, 0.1) is 0 Å². The van der Waals surface area contributed by atoms with Crippen LogP contribution < -0.4 is 5.32 Å². The number of methoxy groups -OCH3 is 1. The fraction of sp³-hybridized carbons (Fsp3) is 0.714. The SMILES string of the molecule is COCc1cc(CNC(=O)COC[C@H]2CCCCO2)[nH]n1. The van der Waals surface area contributed by atoms with Gasteiger partial charge in [0.1, 0.15) is 6.61 Å². The number of rotatable bonds is 8. The van der Waals surface area contributed by atoms with Gasteiger partial charge in [-0.15, -0.1) is 0 Å². The molecule has 2 N–H and O–H groups in total. The second-order valence-corrected chi connectivity index (χ2v) is 5.10. The zero-order valence-corrected chi connectivity index (χ0v) is 12.4. The summed E-state index contributed by atoms with van der Waals surface area (Å²) in [5, 5.41) is 9.68. The van der Waals surface area contributed by atoms with E-state index in [1.807, 2.05) is 6.07 Å². The fourth-order valence-corrected chi connectivity index (χ4v) is 2.19. The quantitative estimate of drug-likeness (QED) is 0.740. The Labute approximate surface area is 124 Å². The number of hydrogen-bond donors (Lipinski definition) is 2. The van der Waals surface area contributed by atoms with Gasteiger partial charge in [0.25, 0.3) is 0 Å². The first-order valence-electron chi connectivity index (χ1n) is 7.26. The van der Waals surface area contributed by atoms with Crippen LogP contribution in [0.3, 0.4) is 0 Å². The molecule has 2 heterocycles. The molecular weight excluding hydrogens is 274 g/mol. The maximum Gasteiger partial charge on any atom is 0.246 e. The number of aromatic amines is 1. The smallest absolute Gasteiger partial charge is 0.246 e. The summed E-state index contributed by atoms with van der Waals surface area (Å²) >= 11 is 0. The highest BCUT2D eigenvalue weighted by Gasteiger charge is 2.14. The number of carbonyl (C=O) groups excluding carboxylic acids is 1. The van der Waals surface area contributed by atoms with Crippen molar-refractivity contribution < 1.29 is 19.0 Å². The Balaban J connectivity index is 1.58. The van der Waals surface area contributed by atoms with Crippen molar-refractivity contribution in [3.63, 3.8) is 0 Å². The number of carbonyl (C=O) groups is 1. The van der Waals surface area contributed by atoms with Gasteiger partial charge in [-0.05, 0) is 25.3 Å². The van der Waals surface area contributed by atoms with Crippen molar-refractivity contribution >= 4 is 5.91 Å². The highest BCUT2D eigenvalue weighted by Crippen LogP contribution is 2.12. The maximum absolute atomic E-state index is 11.7. The van der Waals surface area contributed by atoms with E-state index >= 15 is 0 Å². The van der Waals surface area contributed by atoms with Crippen molar-refractivity contribution in [3.8, 4) is 0 Å². The molecule has 1 aromatic rings. The summed E-state index contributed by atoms with van der Waals surface area (Å²) in [5.41, 5.74) is 1.65. The molecule has 2 rings (SSSR count). The molecule has 7 nitrogen and oxygen atoms in total. The summed E-state index contributed by atoms with van der Waals surface area (Å²) in [4.78, 5) is 11.7. The zero-order valence-electron chi connectivity index (χ0n) is 12.4. The van der Waals surface area contributed by atoms with Crippen LogP contribution in [0.15, 0.2) is 6.07 Å². The second-order valence-electron chi connectivity index (χ2n) is 5.10. The van der Waals surface area contributed by atoms with E-state index in [0.29, 0.717) is 19.8 Å². The molecule has 0 aliphatic carbocycles. The third-order valence-electron chi connectivity index (χ3n) is 3.26. The molecule has 1 amide bonds. The van der Waals surface area contributed by atoms with Crippen molar-refractivity contribution in [3.05, 3.63) is 17.5 Å². The summed E-state index contributed by atoms with van der Waals surface area (Å²) in [6.45, 7) is 2.19. The van der Waals surface area contributed by atoms with E-state index in [4.69, 9.17) is 14.2 Å². The predicted molar refractivity (Wildman–Crippen MR) is 75.6 cm³/mol. The third-order valence-corrected chi connectivity index (χ3v) is 3.26. The van der Waals surface area contributed by atoms with Gasteiger partial charge in [0.2, 0.25) is 5.91 Å². The molecule has 7 heteroatoms. The minimum atomic E-state index is -0.145. The Morgan fingerprint density at radius 1 is 1.57 bits per heavy atom. The van der Waals surface area contributed by atoms with Gasteiger partial charge < -0.3 is 19.5 Å². The summed E-state index contributed by atoms with van der Waals surface area (Å²) in [5.74, 6) is -0.145. The molecule has 21 heavy (non-hydrogen) atoms. The van der Waals surface area contributed by atoms with Crippen LogP contribution in [0.25, 0.3) is 0 Å². The Kier molecular flexibility index (Phi) is 6.65. The van der Waals surface area contributed by atoms with Crippen molar-refractivity contribution in [2.75, 3.05) is 26.9 Å². The molecule has 1 saturated heterocycles. The molecule has 0 unspecified atom stereocenters. The molecule has 1 fully saturated rings. The van der Waals surface area contributed by atoms with Gasteiger partial charge in [0.15, 0.2) is 0 Å². The predicted octanol–water partition coefficient (Wildman–Crippen LogP) is 0.758. The summed E-state index contributed by atoms with van der Waals surface area (Å²) in [7, 11) is 1.61. The van der Waals surface area contributed by atoms with Crippen LogP contribution in [-0.2, 0) is 32.2 Å². The van der Waals surface area contributed by atoms with E-state index in [1.165, 1.54) is 6.42 Å². The van der Waals surface area contributed by atoms with Gasteiger partial charge in [-0.1, -0.05) is 0 Å². The van der Waals surface area contributed by atoms with Crippen molar-refractivity contribution in [1.82, 2.24) is 15.5 Å². The molecule has 0 spiro atoms. The molecule has 0 aromatic carbocycles. The zero-order chi connectivity index (χ0) is 14.9. The van der Waals surface area contributed by atoms with Crippen LogP contribution in [0.4, 0.5) is 0 Å². The molecule has 1 aliphatic rings. The molecule has 0 radical (unpaired) electrons. The van der Waals surface area contributed by atoms with E-state index < -0.39 is 0 Å². The third kappa shape index (κ3) is 5.82. The second kappa shape index (κ2) is 8.76. The van der Waals surface area contributed by atoms with E-state index in [9.17, 15) is 4.79 Å². The fourth-order valence-electron chi connectivity index (χ4n) is 2.19. The van der Waals surface area contributed by atoms with Gasteiger partial charge >= 0.3 is 0 Å². The lowest BCUT2D eigenvalue weighted by molar-refractivity contribution is -0.128. The first kappa shape index (κ1) is 15.9. The maximum atomic E-state index is 11.7. The molecular formula is C14H23N3O4. The molecule has 118 valence electrons. The molecule has 1 aromatic heterocycles. The van der Waals surface area contributed by atoms with Crippen molar-refractivity contribution in [2.24, 2.45) is 0 Å². The van der Waals surface area contributed by atoms with Crippen LogP contribution in [0.5, 0.6) is 0 Å². The lowest BCUT2D eigenvalue weighted by Crippen LogP contribution is -2.30. The summed E-state index contributed by atoms with van der Waals surface area (Å²) in [6, 6.07) is 1.86. The van der Waals surface area contributed by atoms with Crippen LogP contribution in [0.2, 0.25) is 0 Å². The number of nitrogens with zero attached hydrogens (tertiary/aromatic N) is 1. The van der Waals surface area contributed by atoms with E-state index in [-0.39, 0.29) is 18.6 Å². The molecule has 0 saturated carbocycles. The van der Waals surface area contributed by atoms with Crippen molar-refractivity contribution in [1.29, 1.82) is 0 Å². The van der Waals surface area contributed by atoms with Gasteiger partial charge in [-0.2, -0.15) is 5.10 Å². The van der Waals surface area contributed by atoms with Gasteiger partial charge in [-0.3, -0.25) is 9.89 Å². The number of aromatic nitrogens is 2. The highest BCUT2D eigenvalue weighted by molar-refractivity contribution is 5.77. The number of amides is 1. The average Bonchev–Trinajstić information content (AvgIpc) is 2.94. The van der Waals surface area contributed by atoms with Crippen LogP contribution >= 0.6 is 0 Å². The monoisotopic (exact) mass is 297 g/mol. The average molecular weight is 297 g/mol. The standard InChI is InChI=1S/C14H23N3O4/c1-19-8-12-6-11(16-17-12)7-15-14(18)10-20-9-13-4-2-3-5-21-13/h6,13H,2-5,7-10H2,1H3,(H,15,18)(H,16,17)/t13-/m1/s1. The van der Waals surface area contributed by atoms with Crippen LogP contribution in [-0.4, -0.2) is 49.1 Å². The van der Waals surface area contributed by atoms with Crippen LogP contribution in [0.1, 0.15) is 30.7 Å². The number of hydrogen-bond acceptors (Lipinski definition) is 5. The van der Waals surface area contributed by atoms with E-state index in [0.717, 1.165) is 30.8 Å². The topological polar surface area (TPSA) is 85.5 Å². The molecule has 1 atom stereocenters. The summed E-state index contributed by atoms with van der Waals surface area (Å²) < 4.78 is 15.9. The van der Waals surface area contributed by atoms with E-state index in [1.54, 1.807) is 7.11 Å². The van der Waals surface area contributed by atoms with Gasteiger partial charge in [0.05, 0.1) is 37.3 Å². The lowest BCUT2D eigenvalue weighted by atomic mass is 10.1. The number of ether oxygens (including phenoxy) is 3. The Hall–Kier alpha value is -1.44. The van der Waals surface area contributed by atoms with Gasteiger partial charge in [-0.25, -0.2) is 0 Å². The number of nitrogens with one attached hydrogen (secondary N) is 2. The minimum absolute atomic E-state index is 0.0545.